The number of fused-ring (bicyclic) bond motifs is 1. The summed E-state index contributed by atoms with van der Waals surface area (Å²) in [4.78, 5) is 14.5. The molecule has 1 amide bonds. The Balaban J connectivity index is 1.77. The molecule has 0 N–H and O–H groups in total. The second-order valence-corrected chi connectivity index (χ2v) is 6.88. The summed E-state index contributed by atoms with van der Waals surface area (Å²) in [6.07, 6.45) is 0.911. The molecule has 1 aliphatic rings. The van der Waals surface area contributed by atoms with Crippen LogP contribution in [0.4, 0.5) is 0 Å². The van der Waals surface area contributed by atoms with Gasteiger partial charge in [-0.25, -0.2) is 0 Å². The van der Waals surface area contributed by atoms with E-state index in [2.05, 4.69) is 28.6 Å². The van der Waals surface area contributed by atoms with Crippen molar-refractivity contribution in [3.63, 3.8) is 0 Å². The number of hydrogen-bond donors (Lipinski definition) is 0. The van der Waals surface area contributed by atoms with Gasteiger partial charge in [-0.1, -0.05) is 31.5 Å². The molecule has 0 saturated heterocycles. The Labute approximate surface area is 141 Å². The molecule has 3 rings (SSSR count). The smallest absolute Gasteiger partial charge is 0.254 e. The van der Waals surface area contributed by atoms with Crippen LogP contribution in [0.1, 0.15) is 41.4 Å². The third kappa shape index (κ3) is 3.24. The van der Waals surface area contributed by atoms with Crippen molar-refractivity contribution in [3.05, 3.63) is 46.0 Å². The predicted molar refractivity (Wildman–Crippen MR) is 89.5 cm³/mol. The molecule has 1 aromatic heterocycles. The molecular weight excluding hydrogens is 312 g/mol. The lowest BCUT2D eigenvalue weighted by atomic mass is 10.1. The maximum atomic E-state index is 12.7. The van der Waals surface area contributed by atoms with Crippen LogP contribution in [0.2, 0.25) is 5.02 Å². The van der Waals surface area contributed by atoms with Gasteiger partial charge in [0.25, 0.3) is 5.91 Å². The minimum absolute atomic E-state index is 0.00782. The monoisotopic (exact) mass is 332 g/mol. The van der Waals surface area contributed by atoms with E-state index >= 15 is 0 Å². The number of nitrogens with zero attached hydrogens (tertiary/aromatic N) is 4. The van der Waals surface area contributed by atoms with Crippen molar-refractivity contribution in [2.75, 3.05) is 6.54 Å². The molecule has 0 unspecified atom stereocenters. The maximum Gasteiger partial charge on any atom is 0.254 e. The van der Waals surface area contributed by atoms with Crippen LogP contribution in [0.15, 0.2) is 18.2 Å². The Kier molecular flexibility index (Phi) is 4.39. The highest BCUT2D eigenvalue weighted by molar-refractivity contribution is 6.31. The van der Waals surface area contributed by atoms with Gasteiger partial charge >= 0.3 is 0 Å². The molecule has 0 spiro atoms. The fourth-order valence-corrected chi connectivity index (χ4v) is 3.00. The van der Waals surface area contributed by atoms with Gasteiger partial charge in [0.1, 0.15) is 5.82 Å². The van der Waals surface area contributed by atoms with Gasteiger partial charge in [0.15, 0.2) is 5.82 Å². The summed E-state index contributed by atoms with van der Waals surface area (Å²) in [6, 6.07) is 5.44. The number of aromatic nitrogens is 3. The van der Waals surface area contributed by atoms with E-state index in [0.717, 1.165) is 30.2 Å². The molecule has 122 valence electrons. The largest absolute Gasteiger partial charge is 0.329 e. The van der Waals surface area contributed by atoms with Crippen LogP contribution in [0.25, 0.3) is 0 Å². The number of halogens is 1. The number of amides is 1. The first kappa shape index (κ1) is 16.0. The summed E-state index contributed by atoms with van der Waals surface area (Å²) >= 11 is 6.13. The van der Waals surface area contributed by atoms with Crippen LogP contribution in [0, 0.1) is 12.8 Å². The van der Waals surface area contributed by atoms with Crippen molar-refractivity contribution in [2.45, 2.75) is 40.3 Å². The van der Waals surface area contributed by atoms with E-state index in [9.17, 15) is 4.79 Å². The molecule has 2 heterocycles. The molecule has 0 saturated carbocycles. The van der Waals surface area contributed by atoms with Crippen LogP contribution in [0.3, 0.4) is 0 Å². The van der Waals surface area contributed by atoms with Gasteiger partial charge in [-0.15, -0.1) is 10.2 Å². The third-order valence-electron chi connectivity index (χ3n) is 4.13. The van der Waals surface area contributed by atoms with Gasteiger partial charge in [0.05, 0.1) is 6.54 Å². The lowest BCUT2D eigenvalue weighted by Gasteiger charge is -2.28. The quantitative estimate of drug-likeness (QED) is 0.867. The van der Waals surface area contributed by atoms with Crippen molar-refractivity contribution < 1.29 is 4.79 Å². The topological polar surface area (TPSA) is 51.0 Å². The number of carbonyl (C=O) groups is 1. The molecule has 0 fully saturated rings. The molecule has 0 radical (unpaired) electrons. The summed E-state index contributed by atoms with van der Waals surface area (Å²) in [5.41, 5.74) is 1.59. The number of aryl methyl sites for hydroxylation is 1. The minimum Gasteiger partial charge on any atom is -0.329 e. The zero-order valence-electron chi connectivity index (χ0n) is 13.7. The fraction of sp³-hybridized carbons (Fsp3) is 0.471. The van der Waals surface area contributed by atoms with Gasteiger partial charge in [-0.3, -0.25) is 4.79 Å². The molecular formula is C17H21ClN4O. The molecule has 1 aliphatic heterocycles. The first-order valence-electron chi connectivity index (χ1n) is 7.92. The van der Waals surface area contributed by atoms with E-state index in [4.69, 9.17) is 11.6 Å². The van der Waals surface area contributed by atoms with Gasteiger partial charge in [0, 0.05) is 30.1 Å². The van der Waals surface area contributed by atoms with E-state index in [1.807, 2.05) is 24.0 Å². The lowest BCUT2D eigenvalue weighted by molar-refractivity contribution is 0.0706. The SMILES string of the molecule is Cc1ccc(C(=O)N2CCn3c(CC(C)C)nnc3C2)cc1Cl. The van der Waals surface area contributed by atoms with E-state index in [1.165, 1.54) is 0 Å². The molecule has 5 nitrogen and oxygen atoms in total. The molecule has 1 aromatic carbocycles. The van der Waals surface area contributed by atoms with E-state index in [-0.39, 0.29) is 5.91 Å². The molecule has 6 heteroatoms. The Bertz CT molecular complexity index is 738. The summed E-state index contributed by atoms with van der Waals surface area (Å²) in [5, 5.41) is 9.17. The van der Waals surface area contributed by atoms with Gasteiger partial charge < -0.3 is 9.47 Å². The Morgan fingerprint density at radius 1 is 1.30 bits per heavy atom. The van der Waals surface area contributed by atoms with Crippen LogP contribution in [0.5, 0.6) is 0 Å². The molecule has 0 aliphatic carbocycles. The first-order chi connectivity index (χ1) is 11.0. The van der Waals surface area contributed by atoms with E-state index in [1.54, 1.807) is 6.07 Å². The average Bonchev–Trinajstić information content (AvgIpc) is 2.91. The second kappa shape index (κ2) is 6.32. The fourth-order valence-electron chi connectivity index (χ4n) is 2.82. The van der Waals surface area contributed by atoms with Crippen LogP contribution in [-0.4, -0.2) is 32.1 Å². The third-order valence-corrected chi connectivity index (χ3v) is 4.53. The van der Waals surface area contributed by atoms with Crippen LogP contribution < -0.4 is 0 Å². The maximum absolute atomic E-state index is 12.7. The molecule has 0 atom stereocenters. The summed E-state index contributed by atoms with van der Waals surface area (Å²) in [6.45, 7) is 8.17. The second-order valence-electron chi connectivity index (χ2n) is 6.47. The normalized spacial score (nSPS) is 14.2. The zero-order chi connectivity index (χ0) is 16.6. The van der Waals surface area contributed by atoms with Crippen molar-refractivity contribution in [1.82, 2.24) is 19.7 Å². The number of rotatable bonds is 3. The van der Waals surface area contributed by atoms with E-state index < -0.39 is 0 Å². The van der Waals surface area contributed by atoms with Gasteiger partial charge in [-0.05, 0) is 30.5 Å². The van der Waals surface area contributed by atoms with Crippen molar-refractivity contribution in [3.8, 4) is 0 Å². The predicted octanol–water partition coefficient (Wildman–Crippen LogP) is 3.09. The highest BCUT2D eigenvalue weighted by Crippen LogP contribution is 2.20. The number of benzene rings is 1. The molecule has 23 heavy (non-hydrogen) atoms. The summed E-state index contributed by atoms with van der Waals surface area (Å²) in [5.74, 6) is 2.41. The molecule has 2 aromatic rings. The summed E-state index contributed by atoms with van der Waals surface area (Å²) < 4.78 is 2.14. The van der Waals surface area contributed by atoms with Crippen molar-refractivity contribution in [1.29, 1.82) is 0 Å². The average molecular weight is 333 g/mol. The lowest BCUT2D eigenvalue weighted by Crippen LogP contribution is -2.38. The minimum atomic E-state index is -0.00782. The van der Waals surface area contributed by atoms with Crippen LogP contribution >= 0.6 is 11.6 Å². The first-order valence-corrected chi connectivity index (χ1v) is 8.30. The molecule has 0 bridgehead atoms. The highest BCUT2D eigenvalue weighted by Gasteiger charge is 2.25. The standard InChI is InChI=1S/C17H21ClN4O/c1-11(2)8-15-19-20-16-10-21(6-7-22(15)16)17(23)13-5-4-12(3)14(18)9-13/h4-5,9,11H,6-8,10H2,1-3H3. The van der Waals surface area contributed by atoms with Crippen molar-refractivity contribution in [2.24, 2.45) is 5.92 Å². The highest BCUT2D eigenvalue weighted by atomic mass is 35.5. The van der Waals surface area contributed by atoms with Crippen molar-refractivity contribution >= 4 is 17.5 Å². The van der Waals surface area contributed by atoms with Crippen LogP contribution in [-0.2, 0) is 19.5 Å². The Morgan fingerprint density at radius 2 is 2.09 bits per heavy atom. The number of carbonyl (C=O) groups excluding carboxylic acids is 1. The summed E-state index contributed by atoms with van der Waals surface area (Å²) in [7, 11) is 0. The van der Waals surface area contributed by atoms with Gasteiger partial charge in [0.2, 0.25) is 0 Å². The Hall–Kier alpha value is -1.88. The zero-order valence-corrected chi connectivity index (χ0v) is 14.5. The van der Waals surface area contributed by atoms with Gasteiger partial charge in [-0.2, -0.15) is 0 Å². The van der Waals surface area contributed by atoms with E-state index in [0.29, 0.717) is 29.6 Å². The Morgan fingerprint density at radius 3 is 2.78 bits per heavy atom. The number of hydrogen-bond acceptors (Lipinski definition) is 3.